The quantitative estimate of drug-likeness (QED) is 0.716. The third-order valence-corrected chi connectivity index (χ3v) is 3.55. The number of methoxy groups -OCH3 is 1. The van der Waals surface area contributed by atoms with E-state index in [1.807, 2.05) is 24.3 Å². The van der Waals surface area contributed by atoms with E-state index in [1.54, 1.807) is 31.6 Å². The lowest BCUT2D eigenvalue weighted by Crippen LogP contribution is -2.33. The van der Waals surface area contributed by atoms with Crippen molar-refractivity contribution in [3.05, 3.63) is 70.8 Å². The SMILES string of the molecule is COc1ccccc1CNC(=O)Cn1nc(-n2cccn2)ccc1=O. The van der Waals surface area contributed by atoms with Gasteiger partial charge in [-0.05, 0) is 18.2 Å². The monoisotopic (exact) mass is 339 g/mol. The topological polar surface area (TPSA) is 91.0 Å². The first-order chi connectivity index (χ1) is 12.2. The van der Waals surface area contributed by atoms with Gasteiger partial charge in [0.1, 0.15) is 12.3 Å². The molecule has 3 aromatic rings. The Labute approximate surface area is 143 Å². The van der Waals surface area contributed by atoms with Crippen LogP contribution in [0.15, 0.2) is 59.7 Å². The molecule has 2 heterocycles. The van der Waals surface area contributed by atoms with Gasteiger partial charge in [-0.3, -0.25) is 9.59 Å². The second kappa shape index (κ2) is 7.43. The molecule has 0 bridgehead atoms. The van der Waals surface area contributed by atoms with Crippen molar-refractivity contribution >= 4 is 5.91 Å². The molecule has 0 radical (unpaired) electrons. The van der Waals surface area contributed by atoms with Gasteiger partial charge in [-0.1, -0.05) is 18.2 Å². The molecule has 0 fully saturated rings. The number of amides is 1. The summed E-state index contributed by atoms with van der Waals surface area (Å²) in [6, 6.07) is 12.1. The number of hydrogen-bond acceptors (Lipinski definition) is 5. The molecule has 0 saturated heterocycles. The van der Waals surface area contributed by atoms with Crippen molar-refractivity contribution in [2.24, 2.45) is 0 Å². The number of carbonyl (C=O) groups excluding carboxylic acids is 1. The highest BCUT2D eigenvalue weighted by Crippen LogP contribution is 2.16. The Hall–Kier alpha value is -3.42. The van der Waals surface area contributed by atoms with Crippen molar-refractivity contribution < 1.29 is 9.53 Å². The van der Waals surface area contributed by atoms with Crippen LogP contribution < -0.4 is 15.6 Å². The second-order valence-electron chi connectivity index (χ2n) is 5.23. The van der Waals surface area contributed by atoms with E-state index < -0.39 is 0 Å². The number of para-hydroxylation sites is 1. The Bertz CT molecular complexity index is 918. The summed E-state index contributed by atoms with van der Waals surface area (Å²) in [5.41, 5.74) is 0.493. The van der Waals surface area contributed by atoms with Crippen LogP contribution in [0.2, 0.25) is 0 Å². The van der Waals surface area contributed by atoms with Crippen molar-refractivity contribution in [3.63, 3.8) is 0 Å². The average Bonchev–Trinajstić information content (AvgIpc) is 3.16. The van der Waals surface area contributed by atoms with Crippen LogP contribution in [0.4, 0.5) is 0 Å². The van der Waals surface area contributed by atoms with Gasteiger partial charge in [0.25, 0.3) is 5.56 Å². The number of aromatic nitrogens is 4. The first kappa shape index (κ1) is 16.4. The number of carbonyl (C=O) groups is 1. The van der Waals surface area contributed by atoms with Crippen molar-refractivity contribution in [2.75, 3.05) is 7.11 Å². The molecule has 0 aliphatic rings. The van der Waals surface area contributed by atoms with E-state index in [-0.39, 0.29) is 18.0 Å². The summed E-state index contributed by atoms with van der Waals surface area (Å²) in [4.78, 5) is 24.1. The van der Waals surface area contributed by atoms with E-state index in [4.69, 9.17) is 4.74 Å². The largest absolute Gasteiger partial charge is 0.496 e. The molecule has 0 saturated carbocycles. The van der Waals surface area contributed by atoms with Crippen molar-refractivity contribution in [3.8, 4) is 11.6 Å². The van der Waals surface area contributed by atoms with Gasteiger partial charge >= 0.3 is 0 Å². The van der Waals surface area contributed by atoms with Gasteiger partial charge in [0.2, 0.25) is 5.91 Å². The summed E-state index contributed by atoms with van der Waals surface area (Å²) < 4.78 is 7.87. The fourth-order valence-electron chi connectivity index (χ4n) is 2.31. The first-order valence-electron chi connectivity index (χ1n) is 7.64. The van der Waals surface area contributed by atoms with Gasteiger partial charge in [0, 0.05) is 30.6 Å². The summed E-state index contributed by atoms with van der Waals surface area (Å²) in [5.74, 6) is 0.832. The first-order valence-corrected chi connectivity index (χ1v) is 7.64. The third kappa shape index (κ3) is 3.92. The Balaban J connectivity index is 1.69. The van der Waals surface area contributed by atoms with Crippen LogP contribution in [0.1, 0.15) is 5.56 Å². The minimum Gasteiger partial charge on any atom is -0.496 e. The molecule has 25 heavy (non-hydrogen) atoms. The van der Waals surface area contributed by atoms with Crippen LogP contribution in [0.25, 0.3) is 5.82 Å². The molecule has 0 spiro atoms. The van der Waals surface area contributed by atoms with Crippen molar-refractivity contribution in [2.45, 2.75) is 13.1 Å². The molecular formula is C17H17N5O3. The molecule has 1 N–H and O–H groups in total. The molecule has 0 aliphatic carbocycles. The van der Waals surface area contributed by atoms with E-state index in [9.17, 15) is 9.59 Å². The van der Waals surface area contributed by atoms with Crippen LogP contribution >= 0.6 is 0 Å². The Kier molecular flexibility index (Phi) is 4.89. The lowest BCUT2D eigenvalue weighted by molar-refractivity contribution is -0.122. The Morgan fingerprint density at radius 2 is 2.04 bits per heavy atom. The summed E-state index contributed by atoms with van der Waals surface area (Å²) >= 11 is 0. The number of nitrogens with zero attached hydrogens (tertiary/aromatic N) is 4. The summed E-state index contributed by atoms with van der Waals surface area (Å²) in [6.07, 6.45) is 3.32. The van der Waals surface area contributed by atoms with Gasteiger partial charge in [-0.15, -0.1) is 5.10 Å². The van der Waals surface area contributed by atoms with Crippen LogP contribution in [0.5, 0.6) is 5.75 Å². The molecule has 128 valence electrons. The minimum absolute atomic E-state index is 0.177. The highest BCUT2D eigenvalue weighted by molar-refractivity contribution is 5.75. The molecule has 2 aromatic heterocycles. The molecular weight excluding hydrogens is 322 g/mol. The van der Waals surface area contributed by atoms with Gasteiger partial charge < -0.3 is 10.1 Å². The molecule has 0 atom stereocenters. The molecule has 1 aromatic carbocycles. The average molecular weight is 339 g/mol. The zero-order valence-corrected chi connectivity index (χ0v) is 13.6. The maximum atomic E-state index is 12.2. The molecule has 0 aliphatic heterocycles. The molecule has 1 amide bonds. The van der Waals surface area contributed by atoms with Crippen LogP contribution in [0.3, 0.4) is 0 Å². The number of rotatable bonds is 6. The van der Waals surface area contributed by atoms with E-state index in [1.165, 1.54) is 10.7 Å². The summed E-state index contributed by atoms with van der Waals surface area (Å²) in [5, 5.41) is 11.0. The lowest BCUT2D eigenvalue weighted by Gasteiger charge is -2.10. The zero-order chi connectivity index (χ0) is 17.6. The van der Waals surface area contributed by atoms with Gasteiger partial charge in [-0.25, -0.2) is 9.36 Å². The number of ether oxygens (including phenoxy) is 1. The molecule has 8 nitrogen and oxygen atoms in total. The van der Waals surface area contributed by atoms with E-state index in [0.29, 0.717) is 18.1 Å². The standard InChI is InChI=1S/C17H17N5O3/c1-25-14-6-3-2-5-13(14)11-18-16(23)12-22-17(24)8-7-15(20-22)21-10-4-9-19-21/h2-10H,11-12H2,1H3,(H,18,23). The fourth-order valence-corrected chi connectivity index (χ4v) is 2.31. The Morgan fingerprint density at radius 1 is 1.20 bits per heavy atom. The maximum absolute atomic E-state index is 12.2. The Morgan fingerprint density at radius 3 is 2.80 bits per heavy atom. The predicted molar refractivity (Wildman–Crippen MR) is 90.5 cm³/mol. The van der Waals surface area contributed by atoms with E-state index >= 15 is 0 Å². The zero-order valence-electron chi connectivity index (χ0n) is 13.6. The van der Waals surface area contributed by atoms with E-state index in [2.05, 4.69) is 15.5 Å². The third-order valence-electron chi connectivity index (χ3n) is 3.55. The summed E-state index contributed by atoms with van der Waals surface area (Å²) in [7, 11) is 1.57. The minimum atomic E-state index is -0.358. The molecule has 8 heteroatoms. The maximum Gasteiger partial charge on any atom is 0.267 e. The van der Waals surface area contributed by atoms with Crippen molar-refractivity contribution in [1.29, 1.82) is 0 Å². The number of nitrogens with one attached hydrogen (secondary N) is 1. The molecule has 0 unspecified atom stereocenters. The van der Waals surface area contributed by atoms with Gasteiger partial charge in [0.05, 0.1) is 7.11 Å². The molecule has 3 rings (SSSR count). The summed E-state index contributed by atoms with van der Waals surface area (Å²) in [6.45, 7) is 0.125. The van der Waals surface area contributed by atoms with Gasteiger partial charge in [0.15, 0.2) is 5.82 Å². The predicted octanol–water partition coefficient (Wildman–Crippen LogP) is 0.754. The van der Waals surface area contributed by atoms with Crippen LogP contribution in [-0.4, -0.2) is 32.6 Å². The van der Waals surface area contributed by atoms with Crippen molar-refractivity contribution in [1.82, 2.24) is 24.9 Å². The number of benzene rings is 1. The van der Waals surface area contributed by atoms with Crippen LogP contribution in [-0.2, 0) is 17.9 Å². The second-order valence-corrected chi connectivity index (χ2v) is 5.23. The van der Waals surface area contributed by atoms with E-state index in [0.717, 1.165) is 10.2 Å². The van der Waals surface area contributed by atoms with Gasteiger partial charge in [-0.2, -0.15) is 5.10 Å². The number of hydrogen-bond donors (Lipinski definition) is 1. The van der Waals surface area contributed by atoms with Crippen LogP contribution in [0, 0.1) is 0 Å². The fraction of sp³-hybridized carbons (Fsp3) is 0.176. The highest BCUT2D eigenvalue weighted by atomic mass is 16.5. The highest BCUT2D eigenvalue weighted by Gasteiger charge is 2.09. The normalized spacial score (nSPS) is 10.4. The smallest absolute Gasteiger partial charge is 0.267 e. The lowest BCUT2D eigenvalue weighted by atomic mass is 10.2.